The summed E-state index contributed by atoms with van der Waals surface area (Å²) in [6.07, 6.45) is 6.77. The van der Waals surface area contributed by atoms with Crippen LogP contribution in [0.15, 0.2) is 11.6 Å². The Morgan fingerprint density at radius 2 is 1.89 bits per heavy atom. The van der Waals surface area contributed by atoms with Gasteiger partial charge in [0.1, 0.15) is 6.10 Å². The zero-order valence-electron chi connectivity index (χ0n) is 16.7. The Hall–Kier alpha value is -0.750. The van der Waals surface area contributed by atoms with Crippen LogP contribution in [0.5, 0.6) is 0 Å². The van der Waals surface area contributed by atoms with E-state index in [9.17, 15) is 9.90 Å². The number of aliphatic hydroxyl groups is 1. The van der Waals surface area contributed by atoms with E-state index in [0.717, 1.165) is 32.1 Å². The highest BCUT2D eigenvalue weighted by molar-refractivity contribution is 5.94. The summed E-state index contributed by atoms with van der Waals surface area (Å²) in [6, 6.07) is 0. The van der Waals surface area contributed by atoms with Gasteiger partial charge in [-0.05, 0) is 61.9 Å². The first kappa shape index (κ1) is 18.3. The van der Waals surface area contributed by atoms with Crippen molar-refractivity contribution in [1.82, 2.24) is 0 Å². The lowest BCUT2D eigenvalue weighted by atomic mass is 9.47. The smallest absolute Gasteiger partial charge is 0.200 e. The molecule has 27 heavy (non-hydrogen) atoms. The van der Waals surface area contributed by atoms with Gasteiger partial charge in [0.05, 0.1) is 19.3 Å². The van der Waals surface area contributed by atoms with Gasteiger partial charge in [0.25, 0.3) is 0 Å². The number of aliphatic hydroxyl groups excluding tert-OH is 1. The minimum atomic E-state index is -0.703. The lowest BCUT2D eigenvalue weighted by molar-refractivity contribution is -0.276. The summed E-state index contributed by atoms with van der Waals surface area (Å²) < 4.78 is 18.3. The number of hydrogen-bond acceptors (Lipinski definition) is 5. The zero-order valence-corrected chi connectivity index (χ0v) is 16.7. The van der Waals surface area contributed by atoms with Crippen molar-refractivity contribution in [1.29, 1.82) is 0 Å². The maximum atomic E-state index is 13.3. The molecule has 3 saturated carbocycles. The highest BCUT2D eigenvalue weighted by Gasteiger charge is 2.72. The standard InChI is InChI=1S/C22H32O5/c1-20-6-4-14(23)10-13(20)11-17(24)19-15(20)5-7-21(2)16(19)12-18(25-3)22(21)26-8-9-27-22/h11,14-16,18-19,23H,4-10,12H2,1-3H3/t14-,15+,16+,18-,19-,20+,21+/m1/s1. The summed E-state index contributed by atoms with van der Waals surface area (Å²) in [4.78, 5) is 13.3. The highest BCUT2D eigenvalue weighted by Crippen LogP contribution is 2.68. The number of ketones is 1. The molecule has 1 spiro atoms. The fourth-order valence-electron chi connectivity index (χ4n) is 7.53. The lowest BCUT2D eigenvalue weighted by Crippen LogP contribution is -2.58. The summed E-state index contributed by atoms with van der Waals surface area (Å²) in [5.74, 6) is 0.128. The molecule has 5 aliphatic rings. The fourth-order valence-corrected chi connectivity index (χ4v) is 7.53. The maximum absolute atomic E-state index is 13.3. The van der Waals surface area contributed by atoms with Crippen molar-refractivity contribution >= 4 is 5.78 Å². The number of methoxy groups -OCH3 is 1. The van der Waals surface area contributed by atoms with Crippen molar-refractivity contribution in [3.63, 3.8) is 0 Å². The van der Waals surface area contributed by atoms with E-state index in [1.54, 1.807) is 7.11 Å². The largest absolute Gasteiger partial charge is 0.393 e. The van der Waals surface area contributed by atoms with Gasteiger partial charge in [0.15, 0.2) is 5.78 Å². The molecule has 0 radical (unpaired) electrons. The van der Waals surface area contributed by atoms with Crippen LogP contribution in [0.2, 0.25) is 0 Å². The average Bonchev–Trinajstić information content (AvgIpc) is 3.22. The Kier molecular flexibility index (Phi) is 3.98. The minimum absolute atomic E-state index is 0.0116. The number of ether oxygens (including phenoxy) is 3. The predicted molar refractivity (Wildman–Crippen MR) is 98.9 cm³/mol. The van der Waals surface area contributed by atoms with Gasteiger partial charge in [0, 0.05) is 18.4 Å². The summed E-state index contributed by atoms with van der Waals surface area (Å²) in [5, 5.41) is 10.1. The molecular formula is C22H32O5. The second kappa shape index (κ2) is 5.88. The number of carbonyl (C=O) groups excluding carboxylic acids is 1. The first-order chi connectivity index (χ1) is 12.9. The molecule has 150 valence electrons. The van der Waals surface area contributed by atoms with Gasteiger partial charge >= 0.3 is 0 Å². The van der Waals surface area contributed by atoms with E-state index in [1.807, 2.05) is 6.08 Å². The molecule has 5 heteroatoms. The van der Waals surface area contributed by atoms with Gasteiger partial charge < -0.3 is 19.3 Å². The van der Waals surface area contributed by atoms with Crippen molar-refractivity contribution in [3.05, 3.63) is 11.6 Å². The molecule has 1 N–H and O–H groups in total. The van der Waals surface area contributed by atoms with Crippen LogP contribution >= 0.6 is 0 Å². The normalized spacial score (nSPS) is 50.9. The van der Waals surface area contributed by atoms with E-state index in [0.29, 0.717) is 25.6 Å². The summed E-state index contributed by atoms with van der Waals surface area (Å²) >= 11 is 0. The summed E-state index contributed by atoms with van der Waals surface area (Å²) in [6.45, 7) is 5.80. The Morgan fingerprint density at radius 1 is 1.15 bits per heavy atom. The first-order valence-corrected chi connectivity index (χ1v) is 10.6. The van der Waals surface area contributed by atoms with Gasteiger partial charge in [-0.15, -0.1) is 0 Å². The number of fused-ring (bicyclic) bond motifs is 6. The van der Waals surface area contributed by atoms with Crippen LogP contribution in [0, 0.1) is 28.6 Å². The van der Waals surface area contributed by atoms with Crippen molar-refractivity contribution in [2.24, 2.45) is 28.6 Å². The van der Waals surface area contributed by atoms with Crippen molar-refractivity contribution < 1.29 is 24.1 Å². The molecule has 7 atom stereocenters. The number of allylic oxidation sites excluding steroid dienone is 1. The van der Waals surface area contributed by atoms with Crippen LogP contribution in [0.25, 0.3) is 0 Å². The fraction of sp³-hybridized carbons (Fsp3) is 0.864. The third-order valence-corrected chi connectivity index (χ3v) is 9.00. The molecule has 1 aliphatic heterocycles. The van der Waals surface area contributed by atoms with E-state index in [1.165, 1.54) is 5.57 Å². The molecule has 0 aromatic heterocycles. The Bertz CT molecular complexity index is 680. The van der Waals surface area contributed by atoms with Crippen LogP contribution in [0.3, 0.4) is 0 Å². The Balaban J connectivity index is 1.56. The van der Waals surface area contributed by atoms with Crippen LogP contribution in [-0.2, 0) is 19.0 Å². The molecule has 0 aromatic carbocycles. The van der Waals surface area contributed by atoms with Gasteiger partial charge in [0.2, 0.25) is 5.79 Å². The van der Waals surface area contributed by atoms with Crippen molar-refractivity contribution in [2.75, 3.05) is 20.3 Å². The number of rotatable bonds is 1. The molecule has 0 amide bonds. The van der Waals surface area contributed by atoms with Crippen LogP contribution in [0.1, 0.15) is 52.4 Å². The van der Waals surface area contributed by atoms with E-state index in [4.69, 9.17) is 14.2 Å². The van der Waals surface area contributed by atoms with Gasteiger partial charge in [-0.1, -0.05) is 19.4 Å². The van der Waals surface area contributed by atoms with E-state index < -0.39 is 5.79 Å². The summed E-state index contributed by atoms with van der Waals surface area (Å²) in [5.41, 5.74) is 1.02. The van der Waals surface area contributed by atoms with E-state index >= 15 is 0 Å². The zero-order chi connectivity index (χ0) is 19.0. The molecule has 1 saturated heterocycles. The highest BCUT2D eigenvalue weighted by atomic mass is 16.8. The maximum Gasteiger partial charge on any atom is 0.200 e. The van der Waals surface area contributed by atoms with Crippen LogP contribution < -0.4 is 0 Å². The van der Waals surface area contributed by atoms with E-state index in [2.05, 4.69) is 13.8 Å². The van der Waals surface area contributed by atoms with Crippen molar-refractivity contribution in [3.8, 4) is 0 Å². The number of carbonyl (C=O) groups is 1. The molecule has 5 nitrogen and oxygen atoms in total. The number of hydrogen-bond donors (Lipinski definition) is 1. The molecule has 4 fully saturated rings. The van der Waals surface area contributed by atoms with Gasteiger partial charge in [-0.3, -0.25) is 4.79 Å². The monoisotopic (exact) mass is 376 g/mol. The third kappa shape index (κ3) is 2.17. The SMILES string of the molecule is CO[C@@H]1C[C@H]2[C@@H]3C(=O)C=C4C[C@H](O)CC[C@]4(C)[C@H]3CC[C@]2(C)C12OCCO2. The molecule has 1 heterocycles. The quantitative estimate of drug-likeness (QED) is 0.762. The van der Waals surface area contributed by atoms with Crippen LogP contribution in [0.4, 0.5) is 0 Å². The third-order valence-electron chi connectivity index (χ3n) is 9.00. The summed E-state index contributed by atoms with van der Waals surface area (Å²) in [7, 11) is 1.74. The predicted octanol–water partition coefficient (Wildman–Crippen LogP) is 2.86. The lowest BCUT2D eigenvalue weighted by Gasteiger charge is -2.57. The molecule has 0 aromatic rings. The first-order valence-electron chi connectivity index (χ1n) is 10.6. The molecule has 5 rings (SSSR count). The molecular weight excluding hydrogens is 344 g/mol. The molecule has 4 aliphatic carbocycles. The van der Waals surface area contributed by atoms with E-state index in [-0.39, 0.29) is 40.7 Å². The van der Waals surface area contributed by atoms with Gasteiger partial charge in [-0.2, -0.15) is 0 Å². The van der Waals surface area contributed by atoms with Crippen LogP contribution in [-0.4, -0.2) is 49.2 Å². The Labute approximate surface area is 161 Å². The average molecular weight is 376 g/mol. The second-order valence-electron chi connectivity index (χ2n) is 9.91. The minimum Gasteiger partial charge on any atom is -0.393 e. The molecule has 0 unspecified atom stereocenters. The second-order valence-corrected chi connectivity index (χ2v) is 9.91. The van der Waals surface area contributed by atoms with Crippen molar-refractivity contribution in [2.45, 2.75) is 70.4 Å². The Morgan fingerprint density at radius 3 is 2.59 bits per heavy atom. The van der Waals surface area contributed by atoms with Gasteiger partial charge in [-0.25, -0.2) is 0 Å². The molecule has 0 bridgehead atoms. The topological polar surface area (TPSA) is 65.0 Å².